The van der Waals surface area contributed by atoms with E-state index in [0.29, 0.717) is 22.6 Å². The zero-order valence-electron chi connectivity index (χ0n) is 13.5. The van der Waals surface area contributed by atoms with Gasteiger partial charge in [0.1, 0.15) is 0 Å². The van der Waals surface area contributed by atoms with Crippen LogP contribution in [-0.4, -0.2) is 39.9 Å². The average Bonchev–Trinajstić information content (AvgIpc) is 3.13. The number of ketones is 1. The maximum absolute atomic E-state index is 13.9. The lowest BCUT2D eigenvalue weighted by molar-refractivity contribution is -0.136. The van der Waals surface area contributed by atoms with Crippen molar-refractivity contribution < 1.29 is 32.7 Å². The summed E-state index contributed by atoms with van der Waals surface area (Å²) in [5, 5.41) is 9.10. The van der Waals surface area contributed by atoms with Crippen molar-refractivity contribution in [2.24, 2.45) is 0 Å². The fourth-order valence-electron chi connectivity index (χ4n) is 3.28. The van der Waals surface area contributed by atoms with E-state index in [0.717, 1.165) is 12.1 Å². The molecule has 1 aliphatic carbocycles. The van der Waals surface area contributed by atoms with Gasteiger partial charge in [0.15, 0.2) is 12.0 Å². The molecule has 0 aromatic carbocycles. The number of nitrogens with zero attached hydrogens (tertiary/aromatic N) is 1. The molecule has 5 nitrogen and oxygen atoms in total. The number of thiophene rings is 1. The van der Waals surface area contributed by atoms with Crippen LogP contribution in [0.5, 0.6) is 0 Å². The molecule has 0 saturated carbocycles. The normalized spacial score (nSPS) is 22.7. The first-order valence-corrected chi connectivity index (χ1v) is 8.55. The largest absolute Gasteiger partial charge is 0.481 e. The number of aliphatic carboxylic acids is 1. The van der Waals surface area contributed by atoms with E-state index in [1.165, 1.54) is 17.9 Å². The molecule has 0 fully saturated rings. The minimum Gasteiger partial charge on any atom is -0.481 e. The SMILES string of the molecule is CC1=C(CC(=O)O)C2=CC(=O)C(F)CC2N1C(=O)c1ccc(C(F)F)s1. The second kappa shape index (κ2) is 6.71. The Bertz CT molecular complexity index is 858. The molecule has 1 amide bonds. The van der Waals surface area contributed by atoms with E-state index in [-0.39, 0.29) is 21.7 Å². The predicted molar refractivity (Wildman–Crippen MR) is 86.8 cm³/mol. The van der Waals surface area contributed by atoms with E-state index in [1.54, 1.807) is 0 Å². The number of fused-ring (bicyclic) bond motifs is 1. The van der Waals surface area contributed by atoms with Gasteiger partial charge in [-0.2, -0.15) is 0 Å². The Hall–Kier alpha value is -2.42. The molecule has 138 valence electrons. The lowest BCUT2D eigenvalue weighted by Crippen LogP contribution is -2.40. The number of hydrogen-bond acceptors (Lipinski definition) is 4. The van der Waals surface area contributed by atoms with Gasteiger partial charge in [0, 0.05) is 12.1 Å². The number of alkyl halides is 3. The van der Waals surface area contributed by atoms with Crippen molar-refractivity contribution in [1.82, 2.24) is 4.90 Å². The van der Waals surface area contributed by atoms with E-state index in [2.05, 4.69) is 0 Å². The molecule has 26 heavy (non-hydrogen) atoms. The topological polar surface area (TPSA) is 74.7 Å². The van der Waals surface area contributed by atoms with Crippen molar-refractivity contribution in [1.29, 1.82) is 0 Å². The van der Waals surface area contributed by atoms with Gasteiger partial charge in [0.25, 0.3) is 12.3 Å². The third-order valence-corrected chi connectivity index (χ3v) is 5.53. The van der Waals surface area contributed by atoms with Crippen LogP contribution < -0.4 is 0 Å². The van der Waals surface area contributed by atoms with Crippen LogP contribution in [0.15, 0.2) is 35.1 Å². The summed E-state index contributed by atoms with van der Waals surface area (Å²) in [7, 11) is 0. The number of halogens is 3. The zero-order valence-corrected chi connectivity index (χ0v) is 14.4. The van der Waals surface area contributed by atoms with Crippen LogP contribution in [0.2, 0.25) is 0 Å². The molecule has 2 heterocycles. The molecule has 2 unspecified atom stereocenters. The third kappa shape index (κ3) is 3.07. The lowest BCUT2D eigenvalue weighted by atomic mass is 9.88. The number of amides is 1. The smallest absolute Gasteiger partial charge is 0.307 e. The molecule has 2 aliphatic rings. The highest BCUT2D eigenvalue weighted by atomic mass is 32.1. The number of carbonyl (C=O) groups is 3. The lowest BCUT2D eigenvalue weighted by Gasteiger charge is -2.29. The summed E-state index contributed by atoms with van der Waals surface area (Å²) in [5.41, 5.74) is 0.882. The molecule has 0 saturated heterocycles. The Morgan fingerprint density at radius 1 is 1.38 bits per heavy atom. The number of carboxylic acids is 1. The molecule has 1 N–H and O–H groups in total. The summed E-state index contributed by atoms with van der Waals surface area (Å²) in [4.78, 5) is 36.7. The van der Waals surface area contributed by atoms with Crippen LogP contribution in [0.3, 0.4) is 0 Å². The van der Waals surface area contributed by atoms with Crippen LogP contribution in [0.4, 0.5) is 13.2 Å². The Morgan fingerprint density at radius 2 is 2.08 bits per heavy atom. The predicted octanol–water partition coefficient (Wildman–Crippen LogP) is 3.50. The van der Waals surface area contributed by atoms with E-state index in [9.17, 15) is 27.6 Å². The Kier molecular flexibility index (Phi) is 4.74. The molecule has 1 aliphatic heterocycles. The fourth-order valence-corrected chi connectivity index (χ4v) is 4.08. The maximum Gasteiger partial charge on any atom is 0.307 e. The van der Waals surface area contributed by atoms with E-state index in [4.69, 9.17) is 5.11 Å². The van der Waals surface area contributed by atoms with Crippen molar-refractivity contribution in [2.75, 3.05) is 0 Å². The van der Waals surface area contributed by atoms with Gasteiger partial charge in [0.05, 0.1) is 22.2 Å². The monoisotopic (exact) mass is 385 g/mol. The van der Waals surface area contributed by atoms with Gasteiger partial charge in [-0.25, -0.2) is 13.2 Å². The summed E-state index contributed by atoms with van der Waals surface area (Å²) >= 11 is 0.634. The van der Waals surface area contributed by atoms with Gasteiger partial charge in [-0.15, -0.1) is 11.3 Å². The van der Waals surface area contributed by atoms with Gasteiger partial charge in [-0.1, -0.05) is 0 Å². The van der Waals surface area contributed by atoms with Gasteiger partial charge >= 0.3 is 5.97 Å². The number of allylic oxidation sites excluding steroid dienone is 2. The Balaban J connectivity index is 2.02. The summed E-state index contributed by atoms with van der Waals surface area (Å²) in [6.07, 6.45) is -4.17. The summed E-state index contributed by atoms with van der Waals surface area (Å²) in [5.74, 6) is -2.53. The highest BCUT2D eigenvalue weighted by molar-refractivity contribution is 7.14. The van der Waals surface area contributed by atoms with Crippen molar-refractivity contribution >= 4 is 29.0 Å². The highest BCUT2D eigenvalue weighted by Gasteiger charge is 2.44. The summed E-state index contributed by atoms with van der Waals surface area (Å²) in [6.45, 7) is 1.51. The fraction of sp³-hybridized carbons (Fsp3) is 0.353. The standard InChI is InChI=1S/C17H14F3NO4S/c1-7-8(5-15(23)24)9-4-12(22)10(18)6-11(9)21(7)17(25)14-3-2-13(26-14)16(19)20/h2-4,10-11,16H,5-6H2,1H3,(H,23,24). The highest BCUT2D eigenvalue weighted by Crippen LogP contribution is 2.42. The second-order valence-corrected chi connectivity index (χ2v) is 7.15. The Labute approximate surface area is 150 Å². The first kappa shape index (κ1) is 18.4. The minimum absolute atomic E-state index is 0.0443. The van der Waals surface area contributed by atoms with Gasteiger partial charge in [-0.05, 0) is 36.3 Å². The van der Waals surface area contributed by atoms with Crippen LogP contribution in [0.25, 0.3) is 0 Å². The molecule has 0 spiro atoms. The maximum atomic E-state index is 13.9. The van der Waals surface area contributed by atoms with Crippen LogP contribution in [-0.2, 0) is 9.59 Å². The molecule has 1 aromatic heterocycles. The number of rotatable bonds is 4. The molecule has 0 bridgehead atoms. The molecule has 3 rings (SSSR count). The van der Waals surface area contributed by atoms with Crippen LogP contribution in [0.1, 0.15) is 40.7 Å². The van der Waals surface area contributed by atoms with Crippen LogP contribution >= 0.6 is 11.3 Å². The van der Waals surface area contributed by atoms with Crippen molar-refractivity contribution in [3.63, 3.8) is 0 Å². The zero-order chi connectivity index (χ0) is 19.2. The summed E-state index contributed by atoms with van der Waals surface area (Å²) < 4.78 is 39.5. The molecular formula is C17H14F3NO4S. The van der Waals surface area contributed by atoms with E-state index < -0.39 is 42.7 Å². The molecule has 1 aromatic rings. The molecule has 9 heteroatoms. The number of carbonyl (C=O) groups excluding carboxylic acids is 2. The average molecular weight is 385 g/mol. The Morgan fingerprint density at radius 3 is 2.65 bits per heavy atom. The third-order valence-electron chi connectivity index (χ3n) is 4.45. The first-order valence-electron chi connectivity index (χ1n) is 7.73. The van der Waals surface area contributed by atoms with Gasteiger partial charge in [0.2, 0.25) is 0 Å². The first-order chi connectivity index (χ1) is 12.2. The second-order valence-electron chi connectivity index (χ2n) is 6.03. The summed E-state index contributed by atoms with van der Waals surface area (Å²) in [6, 6.07) is 1.59. The van der Waals surface area contributed by atoms with Crippen molar-refractivity contribution in [3.8, 4) is 0 Å². The molecular weight excluding hydrogens is 371 g/mol. The minimum atomic E-state index is -2.71. The number of hydrogen-bond donors (Lipinski definition) is 1. The van der Waals surface area contributed by atoms with E-state index >= 15 is 0 Å². The van der Waals surface area contributed by atoms with Gasteiger partial charge in [-0.3, -0.25) is 14.4 Å². The quantitative estimate of drug-likeness (QED) is 0.861. The number of carboxylic acid groups (broad SMARTS) is 1. The molecule has 2 atom stereocenters. The van der Waals surface area contributed by atoms with Crippen molar-refractivity contribution in [2.45, 2.75) is 38.4 Å². The van der Waals surface area contributed by atoms with Crippen molar-refractivity contribution in [3.05, 3.63) is 44.8 Å². The molecule has 0 radical (unpaired) electrons. The van der Waals surface area contributed by atoms with Gasteiger partial charge < -0.3 is 10.0 Å². The van der Waals surface area contributed by atoms with E-state index in [1.807, 2.05) is 0 Å². The van der Waals surface area contributed by atoms with Crippen LogP contribution in [0, 0.1) is 0 Å².